The number of halogens is 4. The molecule has 0 saturated carbocycles. The molecule has 0 aliphatic heterocycles. The number of aromatic hydroxyl groups is 2. The number of pyridine rings is 1. The zero-order valence-corrected chi connectivity index (χ0v) is 26.6. The molecule has 0 saturated heterocycles. The van der Waals surface area contributed by atoms with Crippen LogP contribution < -0.4 is 0 Å². The van der Waals surface area contributed by atoms with Gasteiger partial charge in [-0.25, -0.2) is 0 Å². The molecule has 1 aromatic heterocycles. The summed E-state index contributed by atoms with van der Waals surface area (Å²) >= 11 is 8.73. The molecule has 0 fully saturated rings. The van der Waals surface area contributed by atoms with E-state index in [0.717, 1.165) is 25.8 Å². The molecule has 0 radical (unpaired) electrons. The molecular formula is C26H33Br2Cl2NO2Ti. The van der Waals surface area contributed by atoms with Crippen LogP contribution in [0.15, 0.2) is 69.7 Å². The number of aromatic nitrogens is 1. The zero-order valence-electron chi connectivity index (χ0n) is 20.3. The van der Waals surface area contributed by atoms with Gasteiger partial charge in [0, 0.05) is 20.1 Å². The number of hydrogen-bond acceptors (Lipinski definition) is 3. The predicted molar refractivity (Wildman–Crippen MR) is 153 cm³/mol. The summed E-state index contributed by atoms with van der Waals surface area (Å²) < 4.78 is 3.98. The SMILES string of the molecule is CC(C)(C)c1cc(Br)ccc1O.CC(C)(C)c1cc(Br)ccc1O.Cl.Cl.[Ti]=[CH]c1ccccn1. The zero-order chi connectivity index (χ0) is 24.5. The number of phenolic OH excluding ortho intramolecular Hbond substituents is 2. The Bertz CT molecular complexity index is 960. The van der Waals surface area contributed by atoms with Crippen LogP contribution in [0.25, 0.3) is 0 Å². The van der Waals surface area contributed by atoms with Gasteiger partial charge >= 0.3 is 59.4 Å². The van der Waals surface area contributed by atoms with Crippen molar-refractivity contribution in [2.75, 3.05) is 0 Å². The fourth-order valence-electron chi connectivity index (χ4n) is 2.68. The second kappa shape index (κ2) is 16.1. The number of rotatable bonds is 1. The van der Waals surface area contributed by atoms with E-state index in [4.69, 9.17) is 0 Å². The first kappa shape index (κ1) is 35.5. The van der Waals surface area contributed by atoms with E-state index in [-0.39, 0.29) is 35.6 Å². The average molecular weight is 670 g/mol. The van der Waals surface area contributed by atoms with Crippen molar-refractivity contribution in [1.29, 1.82) is 0 Å². The molecule has 1 heterocycles. The van der Waals surface area contributed by atoms with E-state index in [1.807, 2.05) is 66.8 Å². The molecule has 0 unspecified atom stereocenters. The van der Waals surface area contributed by atoms with E-state index in [2.05, 4.69) is 78.4 Å². The summed E-state index contributed by atoms with van der Waals surface area (Å²) in [4.78, 5) is 4.04. The Kier molecular flexibility index (Phi) is 16.8. The van der Waals surface area contributed by atoms with Crippen molar-refractivity contribution in [3.63, 3.8) is 0 Å². The van der Waals surface area contributed by atoms with Crippen molar-refractivity contribution in [3.05, 3.63) is 86.6 Å². The number of nitrogens with zero attached hydrogens (tertiary/aromatic N) is 1. The van der Waals surface area contributed by atoms with Gasteiger partial charge in [-0.15, -0.1) is 24.8 Å². The molecule has 8 heteroatoms. The van der Waals surface area contributed by atoms with Gasteiger partial charge in [-0.3, -0.25) is 0 Å². The molecule has 0 atom stereocenters. The number of hydrogen-bond donors (Lipinski definition) is 2. The van der Waals surface area contributed by atoms with Crippen LogP contribution in [-0.4, -0.2) is 19.5 Å². The van der Waals surface area contributed by atoms with Gasteiger partial charge in [0.1, 0.15) is 11.5 Å². The van der Waals surface area contributed by atoms with E-state index in [1.54, 1.807) is 18.3 Å². The van der Waals surface area contributed by atoms with Gasteiger partial charge < -0.3 is 10.2 Å². The van der Waals surface area contributed by atoms with Crippen molar-refractivity contribution >= 4 is 61.0 Å². The third-order valence-corrected chi connectivity index (χ3v) is 5.82. The van der Waals surface area contributed by atoms with Crippen molar-refractivity contribution in [2.24, 2.45) is 0 Å². The van der Waals surface area contributed by atoms with Gasteiger partial charge in [0.15, 0.2) is 0 Å². The van der Waals surface area contributed by atoms with Crippen molar-refractivity contribution in [1.82, 2.24) is 4.98 Å². The first-order valence-corrected chi connectivity index (χ1v) is 12.6. The van der Waals surface area contributed by atoms with Gasteiger partial charge in [-0.2, -0.15) is 0 Å². The molecule has 0 bridgehead atoms. The van der Waals surface area contributed by atoms with Crippen LogP contribution in [0.1, 0.15) is 58.4 Å². The first-order valence-electron chi connectivity index (χ1n) is 10.1. The van der Waals surface area contributed by atoms with Gasteiger partial charge in [0.2, 0.25) is 0 Å². The van der Waals surface area contributed by atoms with E-state index >= 15 is 0 Å². The number of benzene rings is 2. The molecular weight excluding hydrogens is 637 g/mol. The Morgan fingerprint density at radius 1 is 0.735 bits per heavy atom. The minimum absolute atomic E-state index is 0. The molecule has 34 heavy (non-hydrogen) atoms. The molecule has 0 aliphatic rings. The topological polar surface area (TPSA) is 53.4 Å². The fraction of sp³-hybridized carbons (Fsp3) is 0.308. The standard InChI is InChI=1S/2C10H13BrO.C6H5N.2ClH.Ti/c2*1-10(2,3)8-6-7(11)4-5-9(8)12;1-6-4-2-3-5-7-6;;;/h2*4-6,12H,1-3H3;1-5H;2*1H;. The molecule has 2 aromatic carbocycles. The van der Waals surface area contributed by atoms with Crippen molar-refractivity contribution in [3.8, 4) is 11.5 Å². The normalized spacial score (nSPS) is 10.2. The molecule has 0 spiro atoms. The summed E-state index contributed by atoms with van der Waals surface area (Å²) in [6, 6.07) is 16.9. The van der Waals surface area contributed by atoms with Crippen molar-refractivity contribution < 1.29 is 30.2 Å². The van der Waals surface area contributed by atoms with Crippen LogP contribution in [0.4, 0.5) is 0 Å². The molecule has 3 rings (SSSR count). The molecule has 0 amide bonds. The Labute approximate surface area is 244 Å². The van der Waals surface area contributed by atoms with Crippen LogP contribution in [0.5, 0.6) is 11.5 Å². The second-order valence-electron chi connectivity index (χ2n) is 9.22. The summed E-state index contributed by atoms with van der Waals surface area (Å²) in [6.07, 6.45) is 1.79. The van der Waals surface area contributed by atoms with Crippen LogP contribution in [0, 0.1) is 0 Å². The minimum atomic E-state index is -0.00609. The first-order chi connectivity index (χ1) is 14.8. The van der Waals surface area contributed by atoms with Gasteiger partial charge in [0.05, 0.1) is 0 Å². The summed E-state index contributed by atoms with van der Waals surface area (Å²) in [7, 11) is 0. The Balaban J connectivity index is 0. The molecule has 3 aromatic rings. The molecule has 0 aliphatic carbocycles. The van der Waals surface area contributed by atoms with Crippen LogP contribution >= 0.6 is 56.7 Å². The van der Waals surface area contributed by atoms with Gasteiger partial charge in [-0.05, 0) is 47.2 Å². The Morgan fingerprint density at radius 2 is 1.15 bits per heavy atom. The second-order valence-corrected chi connectivity index (χ2v) is 11.5. The third kappa shape index (κ3) is 12.9. The van der Waals surface area contributed by atoms with Crippen LogP contribution in [0.2, 0.25) is 0 Å². The predicted octanol–water partition coefficient (Wildman–Crippen LogP) is 8.53. The van der Waals surface area contributed by atoms with E-state index in [1.165, 1.54) is 0 Å². The summed E-state index contributed by atoms with van der Waals surface area (Å²) in [6.45, 7) is 12.5. The van der Waals surface area contributed by atoms with Gasteiger partial charge in [-0.1, -0.05) is 73.4 Å². The molecule has 186 valence electrons. The number of phenols is 2. The van der Waals surface area contributed by atoms with E-state index in [9.17, 15) is 10.2 Å². The summed E-state index contributed by atoms with van der Waals surface area (Å²) in [5.41, 5.74) is 2.96. The quantitative estimate of drug-likeness (QED) is 0.256. The van der Waals surface area contributed by atoms with Gasteiger partial charge in [0.25, 0.3) is 0 Å². The van der Waals surface area contributed by atoms with E-state index < -0.39 is 0 Å². The maximum absolute atomic E-state index is 9.55. The maximum atomic E-state index is 9.55. The fourth-order valence-corrected chi connectivity index (χ4v) is 3.67. The van der Waals surface area contributed by atoms with Crippen molar-refractivity contribution in [2.45, 2.75) is 52.4 Å². The third-order valence-electron chi connectivity index (χ3n) is 4.37. The molecule has 2 N–H and O–H groups in total. The monoisotopic (exact) mass is 667 g/mol. The Hall–Kier alpha value is -0.686. The summed E-state index contributed by atoms with van der Waals surface area (Å²) in [5, 5.41) is 19.1. The van der Waals surface area contributed by atoms with Crippen LogP contribution in [-0.2, 0) is 30.8 Å². The average Bonchev–Trinajstić information content (AvgIpc) is 2.71. The van der Waals surface area contributed by atoms with Crippen LogP contribution in [0.3, 0.4) is 0 Å². The van der Waals surface area contributed by atoms with E-state index in [0.29, 0.717) is 11.5 Å². The Morgan fingerprint density at radius 3 is 1.38 bits per heavy atom. The molecule has 3 nitrogen and oxygen atoms in total. The summed E-state index contributed by atoms with van der Waals surface area (Å²) in [5.74, 6) is 0.733.